The Hall–Kier alpha value is -2.46. The first-order valence-electron chi connectivity index (χ1n) is 9.38. The monoisotopic (exact) mass is 378 g/mol. The summed E-state index contributed by atoms with van der Waals surface area (Å²) >= 11 is 1.61. The van der Waals surface area contributed by atoms with Crippen LogP contribution in [-0.4, -0.2) is 16.9 Å². The normalized spacial score (nSPS) is 12.0. The molecular weight excluding hydrogens is 352 g/mol. The molecule has 0 aliphatic carbocycles. The second-order valence-electron chi connectivity index (χ2n) is 7.04. The van der Waals surface area contributed by atoms with E-state index in [0.717, 1.165) is 34.0 Å². The molecule has 3 nitrogen and oxygen atoms in total. The van der Waals surface area contributed by atoms with Gasteiger partial charge in [-0.25, -0.2) is 4.98 Å². The molecule has 2 aromatic carbocycles. The molecule has 0 unspecified atom stereocenters. The number of rotatable bonds is 7. The van der Waals surface area contributed by atoms with E-state index >= 15 is 0 Å². The maximum atomic E-state index is 12.5. The van der Waals surface area contributed by atoms with Crippen LogP contribution in [0, 0.1) is 13.8 Å². The molecule has 3 aromatic rings. The van der Waals surface area contributed by atoms with Gasteiger partial charge in [-0.2, -0.15) is 0 Å². The second kappa shape index (κ2) is 8.96. The average Bonchev–Trinajstić information content (AvgIpc) is 3.01. The molecule has 0 radical (unpaired) electrons. The maximum Gasteiger partial charge on any atom is 0.225 e. The van der Waals surface area contributed by atoms with Gasteiger partial charge in [0.1, 0.15) is 0 Å². The summed E-state index contributed by atoms with van der Waals surface area (Å²) in [6.45, 7) is 6.13. The van der Waals surface area contributed by atoms with E-state index in [2.05, 4.69) is 72.7 Å². The van der Waals surface area contributed by atoms with E-state index in [0.29, 0.717) is 6.42 Å². The standard InChI is InChI=1S/C23H26N2OS/c1-16-9-13-20(14-10-16)23-21(27-18(3)25-23)15-22(26)24-17(2)11-12-19-7-5-4-6-8-19/h4-10,13-14,17H,11-12,15H2,1-3H3,(H,24,26)/t17-/m0/s1. The fourth-order valence-electron chi connectivity index (χ4n) is 3.10. The van der Waals surface area contributed by atoms with Gasteiger partial charge in [0.25, 0.3) is 0 Å². The van der Waals surface area contributed by atoms with E-state index in [1.54, 1.807) is 11.3 Å². The number of nitrogens with one attached hydrogen (secondary N) is 1. The number of hydrogen-bond acceptors (Lipinski definition) is 3. The zero-order valence-electron chi connectivity index (χ0n) is 16.2. The largest absolute Gasteiger partial charge is 0.353 e. The molecule has 0 aliphatic heterocycles. The molecule has 0 aliphatic rings. The highest BCUT2D eigenvalue weighted by Crippen LogP contribution is 2.28. The summed E-state index contributed by atoms with van der Waals surface area (Å²) in [5.41, 5.74) is 4.53. The maximum absolute atomic E-state index is 12.5. The lowest BCUT2D eigenvalue weighted by molar-refractivity contribution is -0.121. The van der Waals surface area contributed by atoms with Gasteiger partial charge in [0.2, 0.25) is 5.91 Å². The summed E-state index contributed by atoms with van der Waals surface area (Å²) in [4.78, 5) is 18.2. The van der Waals surface area contributed by atoms with Crippen LogP contribution >= 0.6 is 11.3 Å². The molecule has 0 saturated heterocycles. The van der Waals surface area contributed by atoms with Crippen molar-refractivity contribution in [3.05, 3.63) is 75.6 Å². The number of benzene rings is 2. The molecule has 1 atom stereocenters. The Bertz CT molecular complexity index is 885. The number of thiazole rings is 1. The molecule has 1 heterocycles. The Morgan fingerprint density at radius 1 is 1.07 bits per heavy atom. The number of amides is 1. The molecule has 1 N–H and O–H groups in total. The molecule has 0 saturated carbocycles. The first-order valence-corrected chi connectivity index (χ1v) is 10.2. The minimum Gasteiger partial charge on any atom is -0.353 e. The number of nitrogens with zero attached hydrogens (tertiary/aromatic N) is 1. The van der Waals surface area contributed by atoms with Gasteiger partial charge < -0.3 is 5.32 Å². The number of aryl methyl sites for hydroxylation is 3. The quantitative estimate of drug-likeness (QED) is 0.621. The van der Waals surface area contributed by atoms with Crippen LogP contribution < -0.4 is 5.32 Å². The molecule has 0 fully saturated rings. The lowest BCUT2D eigenvalue weighted by Crippen LogP contribution is -2.33. The van der Waals surface area contributed by atoms with Gasteiger partial charge >= 0.3 is 0 Å². The zero-order valence-corrected chi connectivity index (χ0v) is 17.0. The molecule has 3 rings (SSSR count). The van der Waals surface area contributed by atoms with E-state index in [1.165, 1.54) is 11.1 Å². The molecular formula is C23H26N2OS. The summed E-state index contributed by atoms with van der Waals surface area (Å²) in [6.07, 6.45) is 2.28. The van der Waals surface area contributed by atoms with Crippen molar-refractivity contribution in [2.24, 2.45) is 0 Å². The number of carbonyl (C=O) groups is 1. The minimum atomic E-state index is 0.0626. The van der Waals surface area contributed by atoms with Crippen molar-refractivity contribution in [1.82, 2.24) is 10.3 Å². The summed E-state index contributed by atoms with van der Waals surface area (Å²) in [7, 11) is 0. The number of aromatic nitrogens is 1. The van der Waals surface area contributed by atoms with Crippen LogP contribution in [0.4, 0.5) is 0 Å². The highest BCUT2D eigenvalue weighted by Gasteiger charge is 2.16. The van der Waals surface area contributed by atoms with Crippen LogP contribution in [0.3, 0.4) is 0 Å². The smallest absolute Gasteiger partial charge is 0.225 e. The molecule has 1 aromatic heterocycles. The van der Waals surface area contributed by atoms with Gasteiger partial charge in [0.15, 0.2) is 0 Å². The Kier molecular flexibility index (Phi) is 6.40. The Morgan fingerprint density at radius 3 is 2.48 bits per heavy atom. The van der Waals surface area contributed by atoms with Crippen LogP contribution in [0.5, 0.6) is 0 Å². The average molecular weight is 379 g/mol. The van der Waals surface area contributed by atoms with Gasteiger partial charge in [0, 0.05) is 16.5 Å². The third-order valence-electron chi connectivity index (χ3n) is 4.57. The fraction of sp³-hybridized carbons (Fsp3) is 0.304. The predicted octanol–water partition coefficient (Wildman–Crippen LogP) is 5.11. The van der Waals surface area contributed by atoms with Gasteiger partial charge in [0.05, 0.1) is 17.1 Å². The van der Waals surface area contributed by atoms with Crippen LogP contribution in [0.25, 0.3) is 11.3 Å². The van der Waals surface area contributed by atoms with E-state index in [4.69, 9.17) is 0 Å². The first kappa shape index (κ1) is 19.3. The van der Waals surface area contributed by atoms with Crippen molar-refractivity contribution in [2.75, 3.05) is 0 Å². The van der Waals surface area contributed by atoms with Crippen molar-refractivity contribution in [3.8, 4) is 11.3 Å². The molecule has 0 spiro atoms. The highest BCUT2D eigenvalue weighted by molar-refractivity contribution is 7.12. The minimum absolute atomic E-state index is 0.0626. The predicted molar refractivity (Wildman–Crippen MR) is 113 cm³/mol. The topological polar surface area (TPSA) is 42.0 Å². The SMILES string of the molecule is Cc1ccc(-c2nc(C)sc2CC(=O)N[C@@H](C)CCc2ccccc2)cc1. The van der Waals surface area contributed by atoms with Crippen LogP contribution in [0.2, 0.25) is 0 Å². The third-order valence-corrected chi connectivity index (χ3v) is 5.54. The Balaban J connectivity index is 1.60. The van der Waals surface area contributed by atoms with Crippen LogP contribution in [0.1, 0.15) is 34.4 Å². The van der Waals surface area contributed by atoms with Crippen molar-refractivity contribution in [1.29, 1.82) is 0 Å². The fourth-order valence-corrected chi connectivity index (χ4v) is 4.05. The summed E-state index contributed by atoms with van der Waals surface area (Å²) in [6, 6.07) is 18.9. The third kappa shape index (κ3) is 5.51. The van der Waals surface area contributed by atoms with E-state index < -0.39 is 0 Å². The van der Waals surface area contributed by atoms with Crippen molar-refractivity contribution in [3.63, 3.8) is 0 Å². The molecule has 0 bridgehead atoms. The van der Waals surface area contributed by atoms with Gasteiger partial charge in [-0.3, -0.25) is 4.79 Å². The molecule has 27 heavy (non-hydrogen) atoms. The summed E-state index contributed by atoms with van der Waals surface area (Å²) < 4.78 is 0. The van der Waals surface area contributed by atoms with Crippen LogP contribution in [-0.2, 0) is 17.6 Å². The first-order chi connectivity index (χ1) is 13.0. The Labute approximate surface area is 165 Å². The van der Waals surface area contributed by atoms with E-state index in [1.807, 2.05) is 13.0 Å². The molecule has 1 amide bonds. The summed E-state index contributed by atoms with van der Waals surface area (Å²) in [5, 5.41) is 4.13. The van der Waals surface area contributed by atoms with Crippen molar-refractivity contribution < 1.29 is 4.79 Å². The molecule has 4 heteroatoms. The lowest BCUT2D eigenvalue weighted by atomic mass is 10.1. The van der Waals surface area contributed by atoms with E-state index in [-0.39, 0.29) is 11.9 Å². The highest BCUT2D eigenvalue weighted by atomic mass is 32.1. The van der Waals surface area contributed by atoms with E-state index in [9.17, 15) is 4.79 Å². The van der Waals surface area contributed by atoms with Gasteiger partial charge in [-0.1, -0.05) is 60.2 Å². The second-order valence-corrected chi connectivity index (χ2v) is 8.33. The number of carbonyl (C=O) groups excluding carboxylic acids is 1. The van der Waals surface area contributed by atoms with Crippen molar-refractivity contribution in [2.45, 2.75) is 46.1 Å². The Morgan fingerprint density at radius 2 is 1.78 bits per heavy atom. The zero-order chi connectivity index (χ0) is 19.2. The summed E-state index contributed by atoms with van der Waals surface area (Å²) in [5.74, 6) is 0.0626. The van der Waals surface area contributed by atoms with Crippen LogP contribution in [0.15, 0.2) is 54.6 Å². The van der Waals surface area contributed by atoms with Gasteiger partial charge in [-0.05, 0) is 39.2 Å². The molecule has 140 valence electrons. The lowest BCUT2D eigenvalue weighted by Gasteiger charge is -2.14. The van der Waals surface area contributed by atoms with Gasteiger partial charge in [-0.15, -0.1) is 11.3 Å². The number of hydrogen-bond donors (Lipinski definition) is 1. The van der Waals surface area contributed by atoms with Crippen molar-refractivity contribution >= 4 is 17.2 Å².